The largest absolute Gasteiger partial charge is 0.434 e. The number of halogens is 3. The first kappa shape index (κ1) is 28.0. The number of pyridine rings is 1. The van der Waals surface area contributed by atoms with Gasteiger partial charge in [-0.3, -0.25) is 4.72 Å². The summed E-state index contributed by atoms with van der Waals surface area (Å²) in [5.41, 5.74) is 6.89. The molecule has 2 heterocycles. The normalized spacial score (nSPS) is 17.3. The quantitative estimate of drug-likeness (QED) is 0.215. The van der Waals surface area contributed by atoms with Gasteiger partial charge in [-0.2, -0.15) is 0 Å². The average molecular weight is 604 g/mol. The Morgan fingerprint density at radius 2 is 1.73 bits per heavy atom. The fraction of sp³-hybridized carbons (Fsp3) is 0.222. The van der Waals surface area contributed by atoms with Crippen LogP contribution in [-0.2, 0) is 10.0 Å². The minimum Gasteiger partial charge on any atom is -0.434 e. The first-order valence-corrected chi connectivity index (χ1v) is 14.7. The second kappa shape index (κ2) is 11.9. The van der Waals surface area contributed by atoms with Crippen molar-refractivity contribution in [1.29, 1.82) is 0 Å². The van der Waals surface area contributed by atoms with E-state index in [1.165, 1.54) is 30.5 Å². The number of nitrogens with two attached hydrogens (primary N) is 1. The maximum atomic E-state index is 15.2. The van der Waals surface area contributed by atoms with Gasteiger partial charge in [-0.15, -0.1) is 0 Å². The Kier molecular flexibility index (Phi) is 8.36. The van der Waals surface area contributed by atoms with Gasteiger partial charge in [-0.25, -0.2) is 27.8 Å². The first-order chi connectivity index (χ1) is 19.2. The molecule has 0 unspecified atom stereocenters. The van der Waals surface area contributed by atoms with Crippen LogP contribution in [0.25, 0.3) is 11.3 Å². The highest BCUT2D eigenvalue weighted by atomic mass is 35.5. The lowest BCUT2D eigenvalue weighted by Gasteiger charge is -2.26. The Bertz CT molecular complexity index is 1610. The number of nitrogens with zero attached hydrogens (tertiary/aromatic N) is 3. The lowest BCUT2D eigenvalue weighted by Crippen LogP contribution is -2.33. The van der Waals surface area contributed by atoms with Gasteiger partial charge in [-0.1, -0.05) is 35.3 Å². The minimum atomic E-state index is -4.10. The van der Waals surface area contributed by atoms with Gasteiger partial charge >= 0.3 is 0 Å². The van der Waals surface area contributed by atoms with Gasteiger partial charge in [0.15, 0.2) is 11.6 Å². The standard InChI is InChI=1S/C27H25Cl2FN6O3S/c28-20-5-1-2-6-24(20)40(37,38)36-18-14-21(29)25(22(30)15-18)39-26-19(4-3-12-32-26)23-11-13-33-27(35-23)34-17-9-7-16(31)8-10-17/h1-6,11-17,36H,7-10,31H2,(H,33,34,35)/t16-,17-. The van der Waals surface area contributed by atoms with Gasteiger partial charge in [0.1, 0.15) is 4.90 Å². The highest BCUT2D eigenvalue weighted by Gasteiger charge is 2.22. The zero-order valence-electron chi connectivity index (χ0n) is 21.0. The number of ether oxygens (including phenoxy) is 1. The summed E-state index contributed by atoms with van der Waals surface area (Å²) in [5, 5.41) is 3.21. The van der Waals surface area contributed by atoms with Crippen LogP contribution in [0.3, 0.4) is 0 Å². The fourth-order valence-corrected chi connectivity index (χ4v) is 6.18. The molecular weight excluding hydrogens is 578 g/mol. The van der Waals surface area contributed by atoms with Crippen molar-refractivity contribution in [1.82, 2.24) is 15.0 Å². The molecule has 9 nitrogen and oxygen atoms in total. The predicted octanol–water partition coefficient (Wildman–Crippen LogP) is 6.26. The molecule has 1 fully saturated rings. The van der Waals surface area contributed by atoms with E-state index in [0.717, 1.165) is 31.7 Å². The van der Waals surface area contributed by atoms with Crippen molar-refractivity contribution >= 4 is 44.9 Å². The van der Waals surface area contributed by atoms with Crippen molar-refractivity contribution in [2.75, 3.05) is 10.0 Å². The van der Waals surface area contributed by atoms with E-state index < -0.39 is 15.8 Å². The topological polar surface area (TPSA) is 132 Å². The van der Waals surface area contributed by atoms with Crippen molar-refractivity contribution in [3.8, 4) is 22.9 Å². The molecule has 5 rings (SSSR count). The van der Waals surface area contributed by atoms with Crippen molar-refractivity contribution in [3.63, 3.8) is 0 Å². The molecule has 0 radical (unpaired) electrons. The summed E-state index contributed by atoms with van der Waals surface area (Å²) >= 11 is 12.4. The molecular formula is C27H25Cl2FN6O3S. The summed E-state index contributed by atoms with van der Waals surface area (Å²) < 4.78 is 48.8. The molecule has 1 saturated carbocycles. The molecule has 0 atom stereocenters. The average Bonchev–Trinajstić information content (AvgIpc) is 2.92. The summed E-state index contributed by atoms with van der Waals surface area (Å²) in [6.07, 6.45) is 6.83. The van der Waals surface area contributed by atoms with E-state index in [1.807, 2.05) is 0 Å². The molecule has 40 heavy (non-hydrogen) atoms. The van der Waals surface area contributed by atoms with E-state index in [4.69, 9.17) is 33.7 Å². The smallest absolute Gasteiger partial charge is 0.263 e. The highest BCUT2D eigenvalue weighted by Crippen LogP contribution is 2.38. The Balaban J connectivity index is 1.37. The molecule has 1 aliphatic carbocycles. The molecule has 208 valence electrons. The second-order valence-corrected chi connectivity index (χ2v) is 11.7. The Morgan fingerprint density at radius 1 is 0.950 bits per heavy atom. The van der Waals surface area contributed by atoms with Crippen molar-refractivity contribution in [2.24, 2.45) is 5.73 Å². The maximum absolute atomic E-state index is 15.2. The Hall–Kier alpha value is -3.51. The van der Waals surface area contributed by atoms with E-state index >= 15 is 4.39 Å². The summed E-state index contributed by atoms with van der Waals surface area (Å²) in [6.45, 7) is 0. The summed E-state index contributed by atoms with van der Waals surface area (Å²) in [4.78, 5) is 13.0. The lowest BCUT2D eigenvalue weighted by atomic mass is 9.92. The number of hydrogen-bond acceptors (Lipinski definition) is 8. The number of benzene rings is 2. The monoisotopic (exact) mass is 602 g/mol. The third-order valence-electron chi connectivity index (χ3n) is 6.38. The molecule has 2 aromatic heterocycles. The van der Waals surface area contributed by atoms with Crippen molar-refractivity contribution < 1.29 is 17.5 Å². The van der Waals surface area contributed by atoms with Crippen LogP contribution < -0.4 is 20.5 Å². The molecule has 13 heteroatoms. The maximum Gasteiger partial charge on any atom is 0.263 e. The molecule has 0 saturated heterocycles. The fourth-order valence-electron chi connectivity index (χ4n) is 4.38. The number of aromatic nitrogens is 3. The van der Waals surface area contributed by atoms with Crippen molar-refractivity contribution in [3.05, 3.63) is 82.9 Å². The number of sulfonamides is 1. The molecule has 0 spiro atoms. The van der Waals surface area contributed by atoms with Crippen LogP contribution in [0.2, 0.25) is 10.0 Å². The van der Waals surface area contributed by atoms with Gasteiger partial charge in [0.2, 0.25) is 11.8 Å². The van der Waals surface area contributed by atoms with Crippen LogP contribution in [0.15, 0.2) is 71.9 Å². The zero-order chi connectivity index (χ0) is 28.3. The predicted molar refractivity (Wildman–Crippen MR) is 153 cm³/mol. The highest BCUT2D eigenvalue weighted by molar-refractivity contribution is 7.92. The van der Waals surface area contributed by atoms with E-state index in [1.54, 1.807) is 30.5 Å². The Morgan fingerprint density at radius 3 is 2.48 bits per heavy atom. The number of nitrogens with one attached hydrogen (secondary N) is 2. The van der Waals surface area contributed by atoms with Crippen molar-refractivity contribution in [2.45, 2.75) is 42.7 Å². The molecule has 0 amide bonds. The van der Waals surface area contributed by atoms with Crippen LogP contribution >= 0.6 is 23.2 Å². The van der Waals surface area contributed by atoms with Crippen LogP contribution in [0.1, 0.15) is 25.7 Å². The molecule has 2 aromatic carbocycles. The summed E-state index contributed by atoms with van der Waals surface area (Å²) in [7, 11) is -4.10. The summed E-state index contributed by atoms with van der Waals surface area (Å²) in [6, 6.07) is 13.7. The van der Waals surface area contributed by atoms with E-state index in [0.29, 0.717) is 17.2 Å². The summed E-state index contributed by atoms with van der Waals surface area (Å²) in [5.74, 6) is -0.720. The number of hydrogen-bond donors (Lipinski definition) is 3. The molecule has 4 N–H and O–H groups in total. The van der Waals surface area contributed by atoms with E-state index in [9.17, 15) is 8.42 Å². The molecule has 1 aliphatic rings. The van der Waals surface area contributed by atoms with E-state index in [2.05, 4.69) is 25.0 Å². The molecule has 0 aliphatic heterocycles. The lowest BCUT2D eigenvalue weighted by molar-refractivity contribution is 0.410. The Labute approximate surface area is 241 Å². The first-order valence-electron chi connectivity index (χ1n) is 12.4. The minimum absolute atomic E-state index is 0.0234. The number of anilines is 2. The zero-order valence-corrected chi connectivity index (χ0v) is 23.3. The SMILES string of the molecule is N[C@H]1CC[C@H](Nc2nccc(-c3cccnc3Oc3c(F)cc(NS(=O)(=O)c4ccccc4Cl)cc3Cl)n2)CC1. The van der Waals surface area contributed by atoms with Gasteiger partial charge in [0, 0.05) is 30.5 Å². The van der Waals surface area contributed by atoms with Crippen LogP contribution in [0.4, 0.5) is 16.0 Å². The molecule has 0 bridgehead atoms. The third kappa shape index (κ3) is 6.44. The van der Waals surface area contributed by atoms with Gasteiger partial charge < -0.3 is 15.8 Å². The number of rotatable bonds is 8. The van der Waals surface area contributed by atoms with Gasteiger partial charge in [0.05, 0.1) is 27.0 Å². The second-order valence-electron chi connectivity index (χ2n) is 9.28. The third-order valence-corrected chi connectivity index (χ3v) is 8.55. The van der Waals surface area contributed by atoms with Gasteiger partial charge in [0.25, 0.3) is 10.0 Å². The van der Waals surface area contributed by atoms with Crippen LogP contribution in [0, 0.1) is 5.82 Å². The van der Waals surface area contributed by atoms with Gasteiger partial charge in [-0.05, 0) is 62.1 Å². The van der Waals surface area contributed by atoms with Crippen LogP contribution in [0.5, 0.6) is 11.6 Å². The van der Waals surface area contributed by atoms with Crippen LogP contribution in [-0.4, -0.2) is 35.5 Å². The van der Waals surface area contributed by atoms with E-state index in [-0.39, 0.29) is 44.3 Å². The molecule has 4 aromatic rings.